The van der Waals surface area contributed by atoms with Crippen LogP contribution in [0.1, 0.15) is 27.2 Å². The molecule has 0 fully saturated rings. The molecule has 0 spiro atoms. The molecule has 1 aliphatic heterocycles. The van der Waals surface area contributed by atoms with Crippen LogP contribution in [0.5, 0.6) is 5.88 Å². The summed E-state index contributed by atoms with van der Waals surface area (Å²) in [6.45, 7) is 1.10. The number of pyridine rings is 1. The molecule has 0 atom stereocenters. The first-order valence-corrected chi connectivity index (χ1v) is 11.8. The molecule has 1 N–H and O–H groups in total. The number of carbonyl (C=O) groups is 1. The molecule has 9 heteroatoms. The minimum absolute atomic E-state index is 0.126. The summed E-state index contributed by atoms with van der Waals surface area (Å²) in [5.74, 6) is -0.0982. The first-order valence-electron chi connectivity index (χ1n) is 11.1. The number of amides is 1. The van der Waals surface area contributed by atoms with Crippen molar-refractivity contribution in [1.82, 2.24) is 20.3 Å². The number of rotatable bonds is 7. The number of nitrogens with one attached hydrogen (secondary N) is 1. The Morgan fingerprint density at radius 1 is 1.11 bits per heavy atom. The summed E-state index contributed by atoms with van der Waals surface area (Å²) >= 11 is 3.51. The highest BCUT2D eigenvalue weighted by molar-refractivity contribution is 9.10. The van der Waals surface area contributed by atoms with Crippen molar-refractivity contribution in [3.8, 4) is 5.88 Å². The summed E-state index contributed by atoms with van der Waals surface area (Å²) in [5.41, 5.74) is 3.90. The average Bonchev–Trinajstić information content (AvgIpc) is 3.30. The smallest absolute Gasteiger partial charge is 0.258 e. The summed E-state index contributed by atoms with van der Waals surface area (Å²) < 4.78 is 20.3. The van der Waals surface area contributed by atoms with Gasteiger partial charge in [-0.2, -0.15) is 4.98 Å². The molecule has 0 saturated carbocycles. The van der Waals surface area contributed by atoms with Crippen molar-refractivity contribution in [3.05, 3.63) is 106 Å². The molecule has 0 bridgehead atoms. The van der Waals surface area contributed by atoms with Crippen LogP contribution < -0.4 is 15.0 Å². The number of nitrogens with zero attached hydrogens (tertiary/aromatic N) is 4. The van der Waals surface area contributed by atoms with Crippen LogP contribution in [-0.4, -0.2) is 27.4 Å². The number of anilines is 2. The van der Waals surface area contributed by atoms with Crippen molar-refractivity contribution in [1.29, 1.82) is 0 Å². The number of benzene rings is 2. The number of carbonyl (C=O) groups excluding carboxylic acids is 1. The second-order valence-corrected chi connectivity index (χ2v) is 8.90. The zero-order valence-corrected chi connectivity index (χ0v) is 20.2. The largest absolute Gasteiger partial charge is 0.472 e. The summed E-state index contributed by atoms with van der Waals surface area (Å²) in [6.07, 6.45) is 4.01. The average molecular weight is 534 g/mol. The van der Waals surface area contributed by atoms with E-state index < -0.39 is 0 Å². The maximum Gasteiger partial charge on any atom is 0.258 e. The molecule has 0 radical (unpaired) electrons. The van der Waals surface area contributed by atoms with Gasteiger partial charge in [0.25, 0.3) is 5.91 Å². The van der Waals surface area contributed by atoms with E-state index in [0.29, 0.717) is 12.5 Å². The normalized spacial score (nSPS) is 12.3. The number of hydrogen-bond acceptors (Lipinski definition) is 6. The van der Waals surface area contributed by atoms with Crippen molar-refractivity contribution < 1.29 is 13.9 Å². The van der Waals surface area contributed by atoms with Crippen molar-refractivity contribution >= 4 is 33.5 Å². The van der Waals surface area contributed by atoms with Gasteiger partial charge in [0.2, 0.25) is 11.8 Å². The van der Waals surface area contributed by atoms with Crippen molar-refractivity contribution in [2.24, 2.45) is 0 Å². The lowest BCUT2D eigenvalue weighted by atomic mass is 10.2. The second kappa shape index (κ2) is 10.2. The van der Waals surface area contributed by atoms with E-state index >= 15 is 0 Å². The van der Waals surface area contributed by atoms with E-state index in [-0.39, 0.29) is 36.3 Å². The topological polar surface area (TPSA) is 80.2 Å². The lowest BCUT2D eigenvalue weighted by Gasteiger charge is -2.19. The SMILES string of the molecule is O=C(NCc1ccccn1)c1cnc(N2CCc3cc(Br)ccc32)nc1OCc1ccc(F)cc1. The van der Waals surface area contributed by atoms with Crippen molar-refractivity contribution in [3.63, 3.8) is 0 Å². The molecule has 0 saturated heterocycles. The molecule has 3 heterocycles. The summed E-state index contributed by atoms with van der Waals surface area (Å²) in [7, 11) is 0. The third-order valence-electron chi connectivity index (χ3n) is 5.61. The Balaban J connectivity index is 1.41. The highest BCUT2D eigenvalue weighted by atomic mass is 79.9. The van der Waals surface area contributed by atoms with Gasteiger partial charge >= 0.3 is 0 Å². The van der Waals surface area contributed by atoms with Crippen LogP contribution in [0.2, 0.25) is 0 Å². The van der Waals surface area contributed by atoms with Crippen molar-refractivity contribution in [2.75, 3.05) is 11.4 Å². The predicted molar refractivity (Wildman–Crippen MR) is 133 cm³/mol. The molecule has 0 unspecified atom stereocenters. The fourth-order valence-electron chi connectivity index (χ4n) is 3.83. The second-order valence-electron chi connectivity index (χ2n) is 7.98. The molecular formula is C26H21BrFN5O2. The third-order valence-corrected chi connectivity index (χ3v) is 6.10. The van der Waals surface area contributed by atoms with Gasteiger partial charge in [-0.15, -0.1) is 0 Å². The minimum Gasteiger partial charge on any atom is -0.472 e. The minimum atomic E-state index is -0.373. The monoisotopic (exact) mass is 533 g/mol. The van der Waals surface area contributed by atoms with Gasteiger partial charge in [-0.05, 0) is 60.0 Å². The van der Waals surface area contributed by atoms with E-state index in [9.17, 15) is 9.18 Å². The molecule has 35 heavy (non-hydrogen) atoms. The number of aromatic nitrogens is 3. The van der Waals surface area contributed by atoms with Gasteiger partial charge < -0.3 is 15.0 Å². The van der Waals surface area contributed by atoms with E-state index in [0.717, 1.165) is 27.8 Å². The molecular weight excluding hydrogens is 513 g/mol. The first kappa shape index (κ1) is 22.9. The van der Waals surface area contributed by atoms with Gasteiger partial charge in [-0.25, -0.2) is 9.37 Å². The van der Waals surface area contributed by atoms with Crippen LogP contribution in [0.15, 0.2) is 77.5 Å². The Kier molecular flexibility index (Phi) is 6.67. The van der Waals surface area contributed by atoms with E-state index in [2.05, 4.69) is 42.3 Å². The lowest BCUT2D eigenvalue weighted by Crippen LogP contribution is -2.25. The zero-order valence-electron chi connectivity index (χ0n) is 18.6. The third kappa shape index (κ3) is 5.30. The molecule has 2 aromatic carbocycles. The zero-order chi connectivity index (χ0) is 24.2. The maximum atomic E-state index is 13.3. The number of hydrogen-bond donors (Lipinski definition) is 1. The van der Waals surface area contributed by atoms with Crippen LogP contribution in [-0.2, 0) is 19.6 Å². The van der Waals surface area contributed by atoms with Gasteiger partial charge in [0.05, 0.1) is 12.2 Å². The Labute approximate surface area is 210 Å². The van der Waals surface area contributed by atoms with Gasteiger partial charge in [-0.1, -0.05) is 34.1 Å². The molecule has 1 aliphatic rings. The highest BCUT2D eigenvalue weighted by Crippen LogP contribution is 2.35. The van der Waals surface area contributed by atoms with Gasteiger partial charge in [0.15, 0.2) is 0 Å². The molecule has 2 aromatic heterocycles. The van der Waals surface area contributed by atoms with Crippen LogP contribution in [0.25, 0.3) is 0 Å². The van der Waals surface area contributed by atoms with Crippen molar-refractivity contribution in [2.45, 2.75) is 19.6 Å². The highest BCUT2D eigenvalue weighted by Gasteiger charge is 2.25. The quantitative estimate of drug-likeness (QED) is 0.361. The molecule has 5 rings (SSSR count). The summed E-state index contributed by atoms with van der Waals surface area (Å²) in [4.78, 5) is 28.3. The number of ether oxygens (including phenoxy) is 1. The van der Waals surface area contributed by atoms with Gasteiger partial charge in [-0.3, -0.25) is 9.78 Å². The van der Waals surface area contributed by atoms with Gasteiger partial charge in [0.1, 0.15) is 18.0 Å². The van der Waals surface area contributed by atoms with Crippen LogP contribution in [0, 0.1) is 5.82 Å². The Morgan fingerprint density at radius 3 is 2.77 bits per heavy atom. The first-order chi connectivity index (χ1) is 17.1. The molecule has 7 nitrogen and oxygen atoms in total. The Morgan fingerprint density at radius 2 is 1.97 bits per heavy atom. The Bertz CT molecular complexity index is 1350. The number of halogens is 2. The molecule has 0 aliphatic carbocycles. The fraction of sp³-hybridized carbons (Fsp3) is 0.154. The van der Waals surface area contributed by atoms with E-state index in [4.69, 9.17) is 4.74 Å². The Hall–Kier alpha value is -3.85. The van der Waals surface area contributed by atoms with Crippen LogP contribution in [0.3, 0.4) is 0 Å². The van der Waals surface area contributed by atoms with E-state index in [1.807, 2.05) is 35.2 Å². The van der Waals surface area contributed by atoms with E-state index in [1.165, 1.54) is 23.9 Å². The molecule has 176 valence electrons. The summed E-state index contributed by atoms with van der Waals surface area (Å²) in [6, 6.07) is 17.6. The standard InChI is InChI=1S/C26H21BrFN5O2/c27-19-6-9-23-18(13-19)10-12-33(23)26-31-15-22(24(34)30-14-21-3-1-2-11-29-21)25(32-26)35-16-17-4-7-20(28)8-5-17/h1-9,11,13,15H,10,12,14,16H2,(H,30,34). The lowest BCUT2D eigenvalue weighted by molar-refractivity contribution is 0.0944. The van der Waals surface area contributed by atoms with Gasteiger partial charge in [0, 0.05) is 29.1 Å². The maximum absolute atomic E-state index is 13.3. The molecule has 1 amide bonds. The van der Waals surface area contributed by atoms with E-state index in [1.54, 1.807) is 18.3 Å². The number of fused-ring (bicyclic) bond motifs is 1. The predicted octanol–water partition coefficient (Wildman–Crippen LogP) is 4.98. The van der Waals surface area contributed by atoms with Crippen LogP contribution >= 0.6 is 15.9 Å². The fourth-order valence-corrected chi connectivity index (χ4v) is 4.24. The van der Waals surface area contributed by atoms with Crippen LogP contribution in [0.4, 0.5) is 16.0 Å². The molecule has 4 aromatic rings. The summed E-state index contributed by atoms with van der Waals surface area (Å²) in [5, 5.41) is 2.84.